The van der Waals surface area contributed by atoms with Gasteiger partial charge in [-0.3, -0.25) is 4.79 Å². The molecule has 132 valence electrons. The molecule has 0 unspecified atom stereocenters. The van der Waals surface area contributed by atoms with Crippen molar-refractivity contribution >= 4 is 35.1 Å². The Morgan fingerprint density at radius 2 is 1.84 bits per heavy atom. The van der Waals surface area contributed by atoms with Crippen LogP contribution < -0.4 is 5.32 Å². The first-order chi connectivity index (χ1) is 11.9. The Balaban J connectivity index is 1.83. The van der Waals surface area contributed by atoms with E-state index in [0.717, 1.165) is 5.56 Å². The van der Waals surface area contributed by atoms with Crippen molar-refractivity contribution in [3.05, 3.63) is 69.5 Å². The van der Waals surface area contributed by atoms with Crippen LogP contribution in [0.2, 0.25) is 10.0 Å². The molecule has 1 N–H and O–H groups in total. The highest BCUT2D eigenvalue weighted by Crippen LogP contribution is 2.22. The summed E-state index contributed by atoms with van der Waals surface area (Å²) in [4.78, 5) is 24.0. The third kappa shape index (κ3) is 5.73. The van der Waals surface area contributed by atoms with Gasteiger partial charge in [0.2, 0.25) is 0 Å². The van der Waals surface area contributed by atoms with E-state index in [4.69, 9.17) is 27.9 Å². The normalized spacial score (nSPS) is 11.7. The van der Waals surface area contributed by atoms with Crippen LogP contribution in [0, 0.1) is 5.82 Å². The average Bonchev–Trinajstić information content (AvgIpc) is 2.56. The first-order valence-corrected chi connectivity index (χ1v) is 8.30. The van der Waals surface area contributed by atoms with Crippen LogP contribution in [0.5, 0.6) is 0 Å². The predicted molar refractivity (Wildman–Crippen MR) is 94.5 cm³/mol. The van der Waals surface area contributed by atoms with E-state index >= 15 is 0 Å². The van der Waals surface area contributed by atoms with Crippen molar-refractivity contribution in [2.45, 2.75) is 19.4 Å². The smallest absolute Gasteiger partial charge is 0.340 e. The van der Waals surface area contributed by atoms with Crippen molar-refractivity contribution in [2.75, 3.05) is 6.54 Å². The maximum absolute atomic E-state index is 12.8. The fourth-order valence-corrected chi connectivity index (χ4v) is 2.54. The number of rotatable bonds is 6. The number of esters is 1. The molecule has 0 fully saturated rings. The van der Waals surface area contributed by atoms with E-state index in [1.165, 1.54) is 37.3 Å². The fourth-order valence-electron chi connectivity index (χ4n) is 2.06. The van der Waals surface area contributed by atoms with Gasteiger partial charge in [-0.15, -0.1) is 0 Å². The highest BCUT2D eigenvalue weighted by Gasteiger charge is 2.20. The standard InChI is InChI=1S/C18H16Cl2FNO3/c1-11(25-18(24)15-7-4-13(19)10-16(15)20)17(23)22-9-8-12-2-5-14(21)6-3-12/h2-7,10-11H,8-9H2,1H3,(H,22,23)/t11-/m0/s1. The molecule has 2 rings (SSSR count). The lowest BCUT2D eigenvalue weighted by Gasteiger charge is -2.14. The van der Waals surface area contributed by atoms with Crippen LogP contribution in [0.15, 0.2) is 42.5 Å². The summed E-state index contributed by atoms with van der Waals surface area (Å²) in [7, 11) is 0. The Morgan fingerprint density at radius 3 is 2.48 bits per heavy atom. The minimum absolute atomic E-state index is 0.136. The molecule has 0 saturated heterocycles. The van der Waals surface area contributed by atoms with Gasteiger partial charge in [-0.25, -0.2) is 9.18 Å². The number of carbonyl (C=O) groups is 2. The lowest BCUT2D eigenvalue weighted by atomic mass is 10.1. The van der Waals surface area contributed by atoms with Crippen LogP contribution in [-0.2, 0) is 16.0 Å². The van der Waals surface area contributed by atoms with Gasteiger partial charge >= 0.3 is 5.97 Å². The van der Waals surface area contributed by atoms with Crippen LogP contribution in [0.1, 0.15) is 22.8 Å². The molecule has 25 heavy (non-hydrogen) atoms. The molecule has 0 radical (unpaired) electrons. The van der Waals surface area contributed by atoms with Crippen molar-refractivity contribution < 1.29 is 18.7 Å². The molecular weight excluding hydrogens is 368 g/mol. The van der Waals surface area contributed by atoms with Crippen molar-refractivity contribution in [3.63, 3.8) is 0 Å². The maximum atomic E-state index is 12.8. The first-order valence-electron chi connectivity index (χ1n) is 7.55. The molecule has 1 atom stereocenters. The van der Waals surface area contributed by atoms with Gasteiger partial charge in [-0.1, -0.05) is 35.3 Å². The zero-order valence-electron chi connectivity index (χ0n) is 13.4. The van der Waals surface area contributed by atoms with Crippen molar-refractivity contribution in [3.8, 4) is 0 Å². The molecule has 0 bridgehead atoms. The van der Waals surface area contributed by atoms with Crippen LogP contribution in [0.4, 0.5) is 4.39 Å². The Hall–Kier alpha value is -2.11. The molecule has 0 saturated carbocycles. The number of ether oxygens (including phenoxy) is 1. The number of amides is 1. The highest BCUT2D eigenvalue weighted by molar-refractivity contribution is 6.36. The zero-order valence-corrected chi connectivity index (χ0v) is 14.9. The van der Waals surface area contributed by atoms with Gasteiger partial charge in [-0.2, -0.15) is 0 Å². The molecule has 0 aliphatic carbocycles. The van der Waals surface area contributed by atoms with Gasteiger partial charge in [0, 0.05) is 11.6 Å². The number of carbonyl (C=O) groups excluding carboxylic acids is 2. The lowest BCUT2D eigenvalue weighted by molar-refractivity contribution is -0.129. The zero-order chi connectivity index (χ0) is 18.4. The quantitative estimate of drug-likeness (QED) is 0.765. The second-order valence-corrected chi connectivity index (χ2v) is 6.18. The van der Waals surface area contributed by atoms with Gasteiger partial charge in [0.05, 0.1) is 10.6 Å². The van der Waals surface area contributed by atoms with E-state index in [2.05, 4.69) is 5.32 Å². The molecule has 2 aromatic rings. The summed E-state index contributed by atoms with van der Waals surface area (Å²) in [6, 6.07) is 10.4. The first kappa shape index (κ1) is 19.2. The van der Waals surface area contributed by atoms with Crippen LogP contribution in [0.25, 0.3) is 0 Å². The van der Waals surface area contributed by atoms with E-state index in [-0.39, 0.29) is 16.4 Å². The Labute approximate surface area is 154 Å². The topological polar surface area (TPSA) is 55.4 Å². The summed E-state index contributed by atoms with van der Waals surface area (Å²) < 4.78 is 17.9. The molecule has 4 nitrogen and oxygen atoms in total. The molecular formula is C18H16Cl2FNO3. The van der Waals surface area contributed by atoms with E-state index in [1.807, 2.05) is 0 Å². The summed E-state index contributed by atoms with van der Waals surface area (Å²) in [6.45, 7) is 1.81. The van der Waals surface area contributed by atoms with Gasteiger partial charge < -0.3 is 10.1 Å². The number of benzene rings is 2. The minimum atomic E-state index is -0.979. The average molecular weight is 384 g/mol. The summed E-state index contributed by atoms with van der Waals surface area (Å²) in [5, 5.41) is 3.21. The van der Waals surface area contributed by atoms with Gasteiger partial charge in [0.25, 0.3) is 5.91 Å². The molecule has 0 spiro atoms. The summed E-state index contributed by atoms with van der Waals surface area (Å²) in [5.74, 6) is -1.45. The highest BCUT2D eigenvalue weighted by atomic mass is 35.5. The lowest BCUT2D eigenvalue weighted by Crippen LogP contribution is -2.36. The predicted octanol–water partition coefficient (Wildman–Crippen LogP) is 4.04. The third-order valence-corrected chi connectivity index (χ3v) is 3.98. The Kier molecular flexibility index (Phi) is 6.79. The van der Waals surface area contributed by atoms with Gasteiger partial charge in [0.15, 0.2) is 6.10 Å². The number of halogens is 3. The van der Waals surface area contributed by atoms with E-state index in [1.54, 1.807) is 12.1 Å². The molecule has 0 aliphatic heterocycles. The number of hydrogen-bond donors (Lipinski definition) is 1. The second kappa shape index (κ2) is 8.83. The Morgan fingerprint density at radius 1 is 1.16 bits per heavy atom. The number of nitrogens with one attached hydrogen (secondary N) is 1. The SMILES string of the molecule is C[C@H](OC(=O)c1ccc(Cl)cc1Cl)C(=O)NCCc1ccc(F)cc1. The van der Waals surface area contributed by atoms with E-state index in [9.17, 15) is 14.0 Å². The molecule has 0 aromatic heterocycles. The molecule has 0 aliphatic rings. The van der Waals surface area contributed by atoms with Gasteiger partial charge in [-0.05, 0) is 49.2 Å². The second-order valence-electron chi connectivity index (χ2n) is 5.34. The molecule has 1 amide bonds. The summed E-state index contributed by atoms with van der Waals surface area (Å²) in [6.07, 6.45) is -0.442. The minimum Gasteiger partial charge on any atom is -0.449 e. The summed E-state index contributed by atoms with van der Waals surface area (Å²) >= 11 is 11.7. The van der Waals surface area contributed by atoms with Crippen LogP contribution in [-0.4, -0.2) is 24.5 Å². The fraction of sp³-hybridized carbons (Fsp3) is 0.222. The van der Waals surface area contributed by atoms with Crippen molar-refractivity contribution in [1.82, 2.24) is 5.32 Å². The Bertz CT molecular complexity index is 765. The monoisotopic (exact) mass is 383 g/mol. The summed E-state index contributed by atoms with van der Waals surface area (Å²) in [5.41, 5.74) is 1.02. The van der Waals surface area contributed by atoms with E-state index in [0.29, 0.717) is 18.0 Å². The third-order valence-electron chi connectivity index (χ3n) is 3.43. The largest absolute Gasteiger partial charge is 0.449 e. The van der Waals surface area contributed by atoms with Crippen molar-refractivity contribution in [1.29, 1.82) is 0 Å². The van der Waals surface area contributed by atoms with Crippen LogP contribution >= 0.6 is 23.2 Å². The molecule has 0 heterocycles. The maximum Gasteiger partial charge on any atom is 0.340 e. The molecule has 2 aromatic carbocycles. The molecule has 7 heteroatoms. The number of hydrogen-bond acceptors (Lipinski definition) is 3. The van der Waals surface area contributed by atoms with Gasteiger partial charge in [0.1, 0.15) is 5.82 Å². The van der Waals surface area contributed by atoms with E-state index < -0.39 is 18.0 Å². The van der Waals surface area contributed by atoms with Crippen molar-refractivity contribution in [2.24, 2.45) is 0 Å². The van der Waals surface area contributed by atoms with Crippen LogP contribution in [0.3, 0.4) is 0 Å².